The Morgan fingerprint density at radius 2 is 2.20 bits per heavy atom. The van der Waals surface area contributed by atoms with Crippen molar-refractivity contribution in [3.8, 4) is 0 Å². The molecular weight excluding hydrogens is 254 g/mol. The molecule has 1 saturated heterocycles. The highest BCUT2D eigenvalue weighted by molar-refractivity contribution is 6.00. The Hall–Kier alpha value is -1.75. The molecule has 1 amide bonds. The monoisotopic (exact) mass is 275 g/mol. The van der Waals surface area contributed by atoms with Crippen molar-refractivity contribution in [2.75, 3.05) is 30.8 Å². The number of aliphatic hydroxyl groups is 1. The highest BCUT2D eigenvalue weighted by Gasteiger charge is 2.42. The summed E-state index contributed by atoms with van der Waals surface area (Å²) in [6, 6.07) is 5.38. The molecule has 1 aromatic carbocycles. The molecule has 5 heteroatoms. The van der Waals surface area contributed by atoms with Crippen molar-refractivity contribution < 1.29 is 9.90 Å². The number of anilines is 2. The van der Waals surface area contributed by atoms with Gasteiger partial charge in [-0.1, -0.05) is 0 Å². The maximum Gasteiger partial charge on any atom is 0.253 e. The highest BCUT2D eigenvalue weighted by Crippen LogP contribution is 2.40. The lowest BCUT2D eigenvalue weighted by Gasteiger charge is -2.23. The topological polar surface area (TPSA) is 78.6 Å². The third kappa shape index (κ3) is 2.12. The number of hydrogen-bond donors (Lipinski definition) is 3. The number of aliphatic hydroxyl groups excluding tert-OH is 1. The van der Waals surface area contributed by atoms with Crippen molar-refractivity contribution in [1.29, 1.82) is 0 Å². The zero-order valence-corrected chi connectivity index (χ0v) is 11.7. The van der Waals surface area contributed by atoms with Crippen molar-refractivity contribution >= 4 is 17.3 Å². The van der Waals surface area contributed by atoms with E-state index in [1.807, 2.05) is 6.07 Å². The van der Waals surface area contributed by atoms with Crippen LogP contribution in [0.2, 0.25) is 0 Å². The van der Waals surface area contributed by atoms with Gasteiger partial charge >= 0.3 is 0 Å². The van der Waals surface area contributed by atoms with Gasteiger partial charge in [0.15, 0.2) is 0 Å². The zero-order valence-electron chi connectivity index (χ0n) is 11.7. The average Bonchev–Trinajstić information content (AvgIpc) is 3.00. The highest BCUT2D eigenvalue weighted by atomic mass is 16.3. The number of nitrogens with one attached hydrogen (secondary N) is 1. The van der Waals surface area contributed by atoms with Crippen LogP contribution in [-0.2, 0) is 0 Å². The first-order chi connectivity index (χ1) is 9.60. The summed E-state index contributed by atoms with van der Waals surface area (Å²) >= 11 is 0. The fourth-order valence-electron chi connectivity index (χ4n) is 3.57. The quantitative estimate of drug-likeness (QED) is 0.699. The predicted molar refractivity (Wildman–Crippen MR) is 78.7 cm³/mol. The first-order valence-corrected chi connectivity index (χ1v) is 7.14. The van der Waals surface area contributed by atoms with Crippen LogP contribution >= 0.6 is 0 Å². The minimum absolute atomic E-state index is 0.0994. The molecule has 0 spiro atoms. The molecule has 0 bridgehead atoms. The van der Waals surface area contributed by atoms with Gasteiger partial charge < -0.3 is 21.1 Å². The number of benzene rings is 1. The van der Waals surface area contributed by atoms with E-state index in [9.17, 15) is 9.90 Å². The molecule has 2 fully saturated rings. The van der Waals surface area contributed by atoms with E-state index in [1.165, 1.54) is 0 Å². The van der Waals surface area contributed by atoms with Gasteiger partial charge in [-0.15, -0.1) is 0 Å². The maximum atomic E-state index is 12.0. The lowest BCUT2D eigenvalue weighted by Crippen LogP contribution is -2.28. The van der Waals surface area contributed by atoms with Crippen LogP contribution in [0.25, 0.3) is 0 Å². The maximum absolute atomic E-state index is 12.0. The van der Waals surface area contributed by atoms with Crippen LogP contribution in [0.15, 0.2) is 18.2 Å². The zero-order chi connectivity index (χ0) is 14.3. The molecule has 5 nitrogen and oxygen atoms in total. The predicted octanol–water partition coefficient (Wildman–Crippen LogP) is 0.835. The van der Waals surface area contributed by atoms with Gasteiger partial charge in [0, 0.05) is 31.7 Å². The smallest absolute Gasteiger partial charge is 0.253 e. The second kappa shape index (κ2) is 4.98. The van der Waals surface area contributed by atoms with Crippen LogP contribution in [-0.4, -0.2) is 37.3 Å². The summed E-state index contributed by atoms with van der Waals surface area (Å²) < 4.78 is 0. The van der Waals surface area contributed by atoms with Gasteiger partial charge in [-0.25, -0.2) is 0 Å². The summed E-state index contributed by atoms with van der Waals surface area (Å²) in [6.07, 6.45) is 1.78. The molecule has 20 heavy (non-hydrogen) atoms. The van der Waals surface area contributed by atoms with E-state index in [4.69, 9.17) is 5.73 Å². The molecule has 3 atom stereocenters. The molecule has 3 unspecified atom stereocenters. The number of carbonyl (C=O) groups excluding carboxylic acids is 1. The number of rotatable bonds is 2. The summed E-state index contributed by atoms with van der Waals surface area (Å²) in [5.41, 5.74) is 8.06. The molecule has 0 aromatic heterocycles. The summed E-state index contributed by atoms with van der Waals surface area (Å²) in [5.74, 6) is 0.760. The molecule has 0 radical (unpaired) electrons. The summed E-state index contributed by atoms with van der Waals surface area (Å²) in [6.45, 7) is 1.70. The van der Waals surface area contributed by atoms with E-state index in [1.54, 1.807) is 19.2 Å². The van der Waals surface area contributed by atoms with Crippen molar-refractivity contribution in [3.05, 3.63) is 23.8 Å². The number of carbonyl (C=O) groups is 1. The van der Waals surface area contributed by atoms with E-state index in [0.717, 1.165) is 31.6 Å². The normalized spacial score (nSPS) is 28.5. The summed E-state index contributed by atoms with van der Waals surface area (Å²) in [5, 5.41) is 12.7. The number of amides is 1. The third-order valence-electron chi connectivity index (χ3n) is 4.65. The molecule has 1 aromatic rings. The molecule has 1 heterocycles. The Kier molecular flexibility index (Phi) is 3.30. The van der Waals surface area contributed by atoms with Crippen molar-refractivity contribution in [2.24, 2.45) is 11.8 Å². The van der Waals surface area contributed by atoms with Gasteiger partial charge in [-0.2, -0.15) is 0 Å². The van der Waals surface area contributed by atoms with Crippen LogP contribution in [0.3, 0.4) is 0 Å². The van der Waals surface area contributed by atoms with E-state index in [-0.39, 0.29) is 12.0 Å². The number of hydrogen-bond acceptors (Lipinski definition) is 4. The van der Waals surface area contributed by atoms with E-state index in [0.29, 0.717) is 23.1 Å². The standard InChI is InChI=1S/C15H21N3O2/c1-17-15(20)11-4-3-10(16)6-13(11)18-7-9-2-5-14(19)12(9)8-18/h3-4,6,9,12,14,19H,2,5,7-8,16H2,1H3,(H,17,20). The molecule has 1 aliphatic heterocycles. The van der Waals surface area contributed by atoms with E-state index in [2.05, 4.69) is 10.2 Å². The van der Waals surface area contributed by atoms with Crippen LogP contribution in [0.1, 0.15) is 23.2 Å². The Bertz CT molecular complexity index is 532. The fraction of sp³-hybridized carbons (Fsp3) is 0.533. The van der Waals surface area contributed by atoms with Crippen molar-refractivity contribution in [2.45, 2.75) is 18.9 Å². The van der Waals surface area contributed by atoms with Crippen LogP contribution in [0.4, 0.5) is 11.4 Å². The molecule has 2 aliphatic rings. The van der Waals surface area contributed by atoms with Crippen molar-refractivity contribution in [3.63, 3.8) is 0 Å². The number of fused-ring (bicyclic) bond motifs is 1. The van der Waals surface area contributed by atoms with Gasteiger partial charge in [0.1, 0.15) is 0 Å². The van der Waals surface area contributed by atoms with E-state index >= 15 is 0 Å². The fourth-order valence-corrected chi connectivity index (χ4v) is 3.57. The molecule has 4 N–H and O–H groups in total. The SMILES string of the molecule is CNC(=O)c1ccc(N)cc1N1CC2CCC(O)C2C1. The second-order valence-electron chi connectivity index (χ2n) is 5.83. The Labute approximate surface area is 118 Å². The summed E-state index contributed by atoms with van der Waals surface area (Å²) in [4.78, 5) is 14.2. The number of nitrogens with two attached hydrogens (primary N) is 1. The van der Waals surface area contributed by atoms with Gasteiger partial charge in [0.2, 0.25) is 0 Å². The number of nitrogen functional groups attached to an aromatic ring is 1. The Morgan fingerprint density at radius 3 is 2.90 bits per heavy atom. The minimum Gasteiger partial charge on any atom is -0.399 e. The van der Waals surface area contributed by atoms with Gasteiger partial charge in [0.25, 0.3) is 5.91 Å². The lowest BCUT2D eigenvalue weighted by atomic mass is 10.00. The molecule has 3 rings (SSSR count). The molecular formula is C15H21N3O2. The average molecular weight is 275 g/mol. The molecule has 1 aliphatic carbocycles. The third-order valence-corrected chi connectivity index (χ3v) is 4.65. The Morgan fingerprint density at radius 1 is 1.40 bits per heavy atom. The van der Waals surface area contributed by atoms with Gasteiger partial charge in [-0.05, 0) is 37.0 Å². The van der Waals surface area contributed by atoms with E-state index < -0.39 is 0 Å². The second-order valence-corrected chi connectivity index (χ2v) is 5.83. The summed E-state index contributed by atoms with van der Waals surface area (Å²) in [7, 11) is 1.63. The Balaban J connectivity index is 1.90. The van der Waals surface area contributed by atoms with Crippen LogP contribution in [0.5, 0.6) is 0 Å². The first kappa shape index (κ1) is 13.2. The van der Waals surface area contributed by atoms with Crippen molar-refractivity contribution in [1.82, 2.24) is 5.32 Å². The minimum atomic E-state index is -0.200. The first-order valence-electron chi connectivity index (χ1n) is 7.14. The van der Waals surface area contributed by atoms with Crippen LogP contribution < -0.4 is 16.0 Å². The molecule has 1 saturated carbocycles. The lowest BCUT2D eigenvalue weighted by molar-refractivity contribution is 0.0963. The van der Waals surface area contributed by atoms with Gasteiger partial charge in [0.05, 0.1) is 17.4 Å². The molecule has 108 valence electrons. The largest absolute Gasteiger partial charge is 0.399 e. The van der Waals surface area contributed by atoms with Crippen LogP contribution in [0, 0.1) is 11.8 Å². The van der Waals surface area contributed by atoms with Gasteiger partial charge in [-0.3, -0.25) is 4.79 Å². The number of nitrogens with zero attached hydrogens (tertiary/aromatic N) is 1.